The van der Waals surface area contributed by atoms with Gasteiger partial charge in [-0.05, 0) is 62.4 Å². The average Bonchev–Trinajstić information content (AvgIpc) is 3.13. The SMILES string of the molecule is Cc1ccc(-c2cc(C(=O)NC3CC3)c(C)[nH]2)cc1C. The number of H-pyrrole nitrogens is 1. The molecule has 0 atom stereocenters. The van der Waals surface area contributed by atoms with Gasteiger partial charge in [-0.3, -0.25) is 4.79 Å². The third-order valence-corrected chi connectivity index (χ3v) is 3.99. The zero-order valence-corrected chi connectivity index (χ0v) is 12.2. The second kappa shape index (κ2) is 4.82. The van der Waals surface area contributed by atoms with Crippen LogP contribution in [0.4, 0.5) is 0 Å². The minimum atomic E-state index is 0.0383. The van der Waals surface area contributed by atoms with E-state index in [0.717, 1.165) is 35.4 Å². The summed E-state index contributed by atoms with van der Waals surface area (Å²) in [5.74, 6) is 0.0383. The van der Waals surface area contributed by atoms with Gasteiger partial charge in [0.2, 0.25) is 0 Å². The molecule has 0 bridgehead atoms. The van der Waals surface area contributed by atoms with Crippen LogP contribution in [0.2, 0.25) is 0 Å². The monoisotopic (exact) mass is 268 g/mol. The van der Waals surface area contributed by atoms with Crippen molar-refractivity contribution >= 4 is 5.91 Å². The lowest BCUT2D eigenvalue weighted by Crippen LogP contribution is -2.25. The predicted octanol–water partition coefficient (Wildman–Crippen LogP) is 3.50. The van der Waals surface area contributed by atoms with Crippen molar-refractivity contribution in [1.82, 2.24) is 10.3 Å². The number of hydrogen-bond donors (Lipinski definition) is 2. The molecule has 20 heavy (non-hydrogen) atoms. The Bertz CT molecular complexity index is 666. The third kappa shape index (κ3) is 2.48. The molecule has 3 nitrogen and oxygen atoms in total. The molecule has 1 aromatic carbocycles. The van der Waals surface area contributed by atoms with Crippen LogP contribution in [-0.2, 0) is 0 Å². The van der Waals surface area contributed by atoms with E-state index in [2.05, 4.69) is 42.3 Å². The van der Waals surface area contributed by atoms with Crippen molar-refractivity contribution in [1.29, 1.82) is 0 Å². The van der Waals surface area contributed by atoms with E-state index in [4.69, 9.17) is 0 Å². The van der Waals surface area contributed by atoms with Crippen molar-refractivity contribution in [2.24, 2.45) is 0 Å². The summed E-state index contributed by atoms with van der Waals surface area (Å²) in [7, 11) is 0. The Morgan fingerprint density at radius 3 is 2.55 bits per heavy atom. The first-order valence-corrected chi connectivity index (χ1v) is 7.12. The van der Waals surface area contributed by atoms with E-state index in [-0.39, 0.29) is 5.91 Å². The Balaban J connectivity index is 1.90. The van der Waals surface area contributed by atoms with Crippen molar-refractivity contribution in [2.45, 2.75) is 39.7 Å². The first-order valence-electron chi connectivity index (χ1n) is 7.12. The Morgan fingerprint density at radius 2 is 1.90 bits per heavy atom. The van der Waals surface area contributed by atoms with Crippen LogP contribution < -0.4 is 5.32 Å². The highest BCUT2D eigenvalue weighted by atomic mass is 16.1. The maximum absolute atomic E-state index is 12.2. The molecule has 1 aliphatic carbocycles. The van der Waals surface area contributed by atoms with E-state index >= 15 is 0 Å². The fourth-order valence-electron chi connectivity index (χ4n) is 2.35. The topological polar surface area (TPSA) is 44.9 Å². The molecule has 2 aromatic rings. The van der Waals surface area contributed by atoms with Crippen LogP contribution in [0.25, 0.3) is 11.3 Å². The summed E-state index contributed by atoms with van der Waals surface area (Å²) < 4.78 is 0. The van der Waals surface area contributed by atoms with E-state index in [1.807, 2.05) is 13.0 Å². The van der Waals surface area contributed by atoms with Crippen molar-refractivity contribution in [3.8, 4) is 11.3 Å². The van der Waals surface area contributed by atoms with E-state index in [9.17, 15) is 4.79 Å². The average molecular weight is 268 g/mol. The van der Waals surface area contributed by atoms with E-state index < -0.39 is 0 Å². The van der Waals surface area contributed by atoms with E-state index in [1.54, 1.807) is 0 Å². The van der Waals surface area contributed by atoms with Crippen LogP contribution in [-0.4, -0.2) is 16.9 Å². The summed E-state index contributed by atoms with van der Waals surface area (Å²) in [6.07, 6.45) is 2.22. The van der Waals surface area contributed by atoms with Crippen LogP contribution in [0.3, 0.4) is 0 Å². The van der Waals surface area contributed by atoms with E-state index in [0.29, 0.717) is 6.04 Å². The largest absolute Gasteiger partial charge is 0.358 e. The fourth-order valence-corrected chi connectivity index (χ4v) is 2.35. The molecule has 1 aromatic heterocycles. The van der Waals surface area contributed by atoms with Gasteiger partial charge in [-0.15, -0.1) is 0 Å². The van der Waals surface area contributed by atoms with Gasteiger partial charge in [0, 0.05) is 17.4 Å². The first-order chi connectivity index (χ1) is 9.54. The third-order valence-electron chi connectivity index (χ3n) is 3.99. The Labute approximate surface area is 119 Å². The van der Waals surface area contributed by atoms with Crippen molar-refractivity contribution in [2.75, 3.05) is 0 Å². The predicted molar refractivity (Wildman–Crippen MR) is 80.9 cm³/mol. The molecule has 0 unspecified atom stereocenters. The second-order valence-electron chi connectivity index (χ2n) is 5.77. The molecule has 0 radical (unpaired) electrons. The molecular weight excluding hydrogens is 248 g/mol. The quantitative estimate of drug-likeness (QED) is 0.879. The molecule has 1 amide bonds. The molecule has 1 heterocycles. The summed E-state index contributed by atoms with van der Waals surface area (Å²) in [6, 6.07) is 8.71. The van der Waals surface area contributed by atoms with Gasteiger partial charge < -0.3 is 10.3 Å². The van der Waals surface area contributed by atoms with Gasteiger partial charge in [0.25, 0.3) is 5.91 Å². The van der Waals surface area contributed by atoms with Gasteiger partial charge in [0.05, 0.1) is 5.56 Å². The van der Waals surface area contributed by atoms with Crippen LogP contribution in [0, 0.1) is 20.8 Å². The minimum Gasteiger partial charge on any atom is -0.358 e. The standard InChI is InChI=1S/C17H20N2O/c1-10-4-5-13(8-11(10)2)16-9-15(12(3)18-16)17(20)19-14-6-7-14/h4-5,8-9,14,18H,6-7H2,1-3H3,(H,19,20). The zero-order chi connectivity index (χ0) is 14.3. The van der Waals surface area contributed by atoms with Gasteiger partial charge in [0.15, 0.2) is 0 Å². The smallest absolute Gasteiger partial charge is 0.253 e. The van der Waals surface area contributed by atoms with E-state index in [1.165, 1.54) is 11.1 Å². The van der Waals surface area contributed by atoms with Gasteiger partial charge in [-0.2, -0.15) is 0 Å². The zero-order valence-electron chi connectivity index (χ0n) is 12.2. The maximum Gasteiger partial charge on any atom is 0.253 e. The molecule has 3 heteroatoms. The Morgan fingerprint density at radius 1 is 1.15 bits per heavy atom. The lowest BCUT2D eigenvalue weighted by atomic mass is 10.0. The number of aryl methyl sites for hydroxylation is 3. The summed E-state index contributed by atoms with van der Waals surface area (Å²) in [6.45, 7) is 6.16. The molecule has 0 spiro atoms. The number of amides is 1. The Hall–Kier alpha value is -2.03. The highest BCUT2D eigenvalue weighted by Crippen LogP contribution is 2.25. The molecular formula is C17H20N2O. The van der Waals surface area contributed by atoms with Crippen LogP contribution in [0.1, 0.15) is 40.0 Å². The van der Waals surface area contributed by atoms with Crippen molar-refractivity contribution < 1.29 is 4.79 Å². The number of benzene rings is 1. The molecule has 0 aliphatic heterocycles. The number of carbonyl (C=O) groups excluding carboxylic acids is 1. The highest BCUT2D eigenvalue weighted by molar-refractivity contribution is 5.97. The van der Waals surface area contributed by atoms with Gasteiger partial charge in [-0.25, -0.2) is 0 Å². The first kappa shape index (κ1) is 13.0. The van der Waals surface area contributed by atoms with Crippen molar-refractivity contribution in [3.63, 3.8) is 0 Å². The van der Waals surface area contributed by atoms with Crippen LogP contribution >= 0.6 is 0 Å². The molecule has 104 valence electrons. The van der Waals surface area contributed by atoms with Crippen LogP contribution in [0.15, 0.2) is 24.3 Å². The molecule has 0 saturated heterocycles. The highest BCUT2D eigenvalue weighted by Gasteiger charge is 2.25. The van der Waals surface area contributed by atoms with Crippen molar-refractivity contribution in [3.05, 3.63) is 46.6 Å². The minimum absolute atomic E-state index is 0.0383. The second-order valence-corrected chi connectivity index (χ2v) is 5.77. The number of aromatic amines is 1. The lowest BCUT2D eigenvalue weighted by molar-refractivity contribution is 0.0950. The molecule has 1 saturated carbocycles. The fraction of sp³-hybridized carbons (Fsp3) is 0.353. The summed E-state index contributed by atoms with van der Waals surface area (Å²) >= 11 is 0. The number of nitrogens with one attached hydrogen (secondary N) is 2. The Kier molecular flexibility index (Phi) is 3.13. The molecule has 3 rings (SSSR count). The van der Waals surface area contributed by atoms with Crippen LogP contribution in [0.5, 0.6) is 0 Å². The lowest BCUT2D eigenvalue weighted by Gasteiger charge is -2.03. The van der Waals surface area contributed by atoms with Gasteiger partial charge >= 0.3 is 0 Å². The van der Waals surface area contributed by atoms with Gasteiger partial charge in [-0.1, -0.05) is 12.1 Å². The maximum atomic E-state index is 12.2. The number of carbonyl (C=O) groups is 1. The normalized spacial score (nSPS) is 14.3. The molecule has 2 N–H and O–H groups in total. The number of aromatic nitrogens is 1. The summed E-state index contributed by atoms with van der Waals surface area (Å²) in [5.41, 5.74) is 6.36. The number of hydrogen-bond acceptors (Lipinski definition) is 1. The summed E-state index contributed by atoms with van der Waals surface area (Å²) in [5, 5.41) is 3.04. The molecule has 1 fully saturated rings. The number of rotatable bonds is 3. The summed E-state index contributed by atoms with van der Waals surface area (Å²) in [4.78, 5) is 15.5. The van der Waals surface area contributed by atoms with Gasteiger partial charge in [0.1, 0.15) is 0 Å². The molecule has 1 aliphatic rings.